The summed E-state index contributed by atoms with van der Waals surface area (Å²) in [7, 11) is 0. The Morgan fingerprint density at radius 1 is 1.52 bits per heavy atom. The molecule has 0 aliphatic carbocycles. The van der Waals surface area contributed by atoms with Crippen molar-refractivity contribution in [2.24, 2.45) is 0 Å². The maximum absolute atomic E-state index is 11.0. The van der Waals surface area contributed by atoms with Crippen LogP contribution in [0.1, 0.15) is 28.7 Å². The molecule has 110 valence electrons. The van der Waals surface area contributed by atoms with E-state index in [-0.39, 0.29) is 17.9 Å². The minimum absolute atomic E-state index is 0.0281. The van der Waals surface area contributed by atoms with Crippen molar-refractivity contribution >= 4 is 23.3 Å². The van der Waals surface area contributed by atoms with Gasteiger partial charge in [0.2, 0.25) is 0 Å². The molecule has 1 heterocycles. The largest absolute Gasteiger partial charge is 0.476 e. The van der Waals surface area contributed by atoms with Gasteiger partial charge in [-0.3, -0.25) is 10.1 Å². The first-order chi connectivity index (χ1) is 9.93. The Morgan fingerprint density at radius 2 is 2.24 bits per heavy atom. The second-order valence-electron chi connectivity index (χ2n) is 4.23. The minimum atomic E-state index is -1.18. The van der Waals surface area contributed by atoms with Gasteiger partial charge < -0.3 is 5.11 Å². The number of nitrogens with zero attached hydrogens (tertiary/aromatic N) is 4. The summed E-state index contributed by atoms with van der Waals surface area (Å²) >= 11 is 5.86. The van der Waals surface area contributed by atoms with Crippen molar-refractivity contribution in [3.63, 3.8) is 0 Å². The lowest BCUT2D eigenvalue weighted by molar-refractivity contribution is -0.385. The van der Waals surface area contributed by atoms with Gasteiger partial charge in [0.25, 0.3) is 5.69 Å². The molecular formula is C12H11ClN4O4. The number of benzene rings is 1. The summed E-state index contributed by atoms with van der Waals surface area (Å²) in [6.07, 6.45) is 0.392. The predicted octanol–water partition coefficient (Wildman–Crippen LogP) is 2.15. The van der Waals surface area contributed by atoms with Crippen LogP contribution < -0.4 is 0 Å². The van der Waals surface area contributed by atoms with Gasteiger partial charge in [-0.05, 0) is 18.6 Å². The zero-order valence-corrected chi connectivity index (χ0v) is 11.7. The fourth-order valence-corrected chi connectivity index (χ4v) is 2.19. The smallest absolute Gasteiger partial charge is 0.358 e. The summed E-state index contributed by atoms with van der Waals surface area (Å²) in [5.41, 5.74) is 0.483. The van der Waals surface area contributed by atoms with Gasteiger partial charge in [-0.25, -0.2) is 9.48 Å². The lowest BCUT2D eigenvalue weighted by Crippen LogP contribution is -2.10. The highest BCUT2D eigenvalue weighted by Crippen LogP contribution is 2.24. The second-order valence-corrected chi connectivity index (χ2v) is 4.67. The number of carboxylic acid groups (broad SMARTS) is 1. The number of rotatable bonds is 5. The first-order valence-electron chi connectivity index (χ1n) is 6.02. The van der Waals surface area contributed by atoms with Crippen LogP contribution in [-0.2, 0) is 13.0 Å². The highest BCUT2D eigenvalue weighted by atomic mass is 35.5. The van der Waals surface area contributed by atoms with Gasteiger partial charge in [-0.15, -0.1) is 5.10 Å². The maximum Gasteiger partial charge on any atom is 0.358 e. The molecule has 0 spiro atoms. The molecule has 21 heavy (non-hydrogen) atoms. The third-order valence-electron chi connectivity index (χ3n) is 2.93. The van der Waals surface area contributed by atoms with Gasteiger partial charge >= 0.3 is 5.97 Å². The summed E-state index contributed by atoms with van der Waals surface area (Å²) in [6, 6.07) is 4.19. The minimum Gasteiger partial charge on any atom is -0.476 e. The molecule has 0 saturated carbocycles. The number of carboxylic acids is 1. The highest BCUT2D eigenvalue weighted by Gasteiger charge is 2.20. The SMILES string of the molecule is CCc1c(C(=O)O)nnn1Cc1cc(Cl)ccc1[N+](=O)[O-]. The molecule has 0 radical (unpaired) electrons. The van der Waals surface area contributed by atoms with E-state index in [9.17, 15) is 14.9 Å². The van der Waals surface area contributed by atoms with Gasteiger partial charge in [0.05, 0.1) is 22.7 Å². The maximum atomic E-state index is 11.0. The fourth-order valence-electron chi connectivity index (χ4n) is 2.00. The summed E-state index contributed by atoms with van der Waals surface area (Å²) in [6.45, 7) is 1.79. The Bertz CT molecular complexity index is 713. The lowest BCUT2D eigenvalue weighted by Gasteiger charge is -2.06. The van der Waals surface area contributed by atoms with Crippen molar-refractivity contribution in [2.45, 2.75) is 19.9 Å². The first-order valence-corrected chi connectivity index (χ1v) is 6.40. The molecule has 0 bridgehead atoms. The summed E-state index contributed by atoms with van der Waals surface area (Å²) in [5.74, 6) is -1.18. The Morgan fingerprint density at radius 3 is 2.81 bits per heavy atom. The topological polar surface area (TPSA) is 111 Å². The molecule has 0 unspecified atom stereocenters. The summed E-state index contributed by atoms with van der Waals surface area (Å²) in [5, 5.41) is 27.7. The zero-order valence-electron chi connectivity index (χ0n) is 11.0. The van der Waals surface area contributed by atoms with Gasteiger partial charge in [0, 0.05) is 11.1 Å². The van der Waals surface area contributed by atoms with Crippen molar-refractivity contribution in [1.29, 1.82) is 0 Å². The zero-order chi connectivity index (χ0) is 15.6. The van der Waals surface area contributed by atoms with Crippen LogP contribution in [0.4, 0.5) is 5.69 Å². The predicted molar refractivity (Wildman–Crippen MR) is 73.6 cm³/mol. The fraction of sp³-hybridized carbons (Fsp3) is 0.250. The monoisotopic (exact) mass is 310 g/mol. The standard InChI is InChI=1S/C12H11ClN4O4/c1-2-9-11(12(18)19)14-15-16(9)6-7-5-8(13)3-4-10(7)17(20)21/h3-5H,2,6H2,1H3,(H,18,19). The Labute approximate surface area is 124 Å². The van der Waals surface area contributed by atoms with Crippen LogP contribution in [0.15, 0.2) is 18.2 Å². The second kappa shape index (κ2) is 5.88. The van der Waals surface area contributed by atoms with E-state index < -0.39 is 10.9 Å². The number of carbonyl (C=O) groups is 1. The van der Waals surface area contributed by atoms with Crippen LogP contribution >= 0.6 is 11.6 Å². The van der Waals surface area contributed by atoms with Crippen LogP contribution in [0.3, 0.4) is 0 Å². The normalized spacial score (nSPS) is 10.6. The van der Waals surface area contributed by atoms with E-state index >= 15 is 0 Å². The molecule has 0 atom stereocenters. The van der Waals surface area contributed by atoms with Gasteiger partial charge in [-0.1, -0.05) is 23.7 Å². The van der Waals surface area contributed by atoms with E-state index in [1.165, 1.54) is 22.9 Å². The number of nitro groups is 1. The Balaban J connectivity index is 2.45. The molecule has 8 nitrogen and oxygen atoms in total. The Kier molecular flexibility index (Phi) is 4.18. The van der Waals surface area contributed by atoms with Crippen LogP contribution in [0.25, 0.3) is 0 Å². The van der Waals surface area contributed by atoms with Crippen LogP contribution in [-0.4, -0.2) is 31.0 Å². The highest BCUT2D eigenvalue weighted by molar-refractivity contribution is 6.30. The molecule has 1 aromatic heterocycles. The molecule has 1 N–H and O–H groups in total. The van der Waals surface area contributed by atoms with Crippen LogP contribution in [0.2, 0.25) is 5.02 Å². The van der Waals surface area contributed by atoms with E-state index in [0.717, 1.165) is 0 Å². The first kappa shape index (κ1) is 14.9. The molecule has 0 aliphatic heterocycles. The summed E-state index contributed by atoms with van der Waals surface area (Å²) < 4.78 is 1.34. The molecule has 0 aliphatic rings. The molecule has 2 aromatic rings. The lowest BCUT2D eigenvalue weighted by atomic mass is 10.1. The number of aromatic nitrogens is 3. The number of aromatic carboxylic acids is 1. The van der Waals surface area contributed by atoms with Crippen molar-refractivity contribution in [3.8, 4) is 0 Å². The van der Waals surface area contributed by atoms with Crippen molar-refractivity contribution in [2.75, 3.05) is 0 Å². The van der Waals surface area contributed by atoms with Crippen molar-refractivity contribution in [3.05, 3.63) is 50.3 Å². The molecular weight excluding hydrogens is 300 g/mol. The van der Waals surface area contributed by atoms with Crippen molar-refractivity contribution in [1.82, 2.24) is 15.0 Å². The van der Waals surface area contributed by atoms with E-state index in [0.29, 0.717) is 22.7 Å². The Hall–Kier alpha value is -2.48. The van der Waals surface area contributed by atoms with E-state index in [4.69, 9.17) is 16.7 Å². The quantitative estimate of drug-likeness (QED) is 0.669. The molecule has 0 fully saturated rings. The van der Waals surface area contributed by atoms with Gasteiger partial charge in [0.15, 0.2) is 5.69 Å². The average Bonchev–Trinajstić information content (AvgIpc) is 2.81. The van der Waals surface area contributed by atoms with E-state index in [1.807, 2.05) is 0 Å². The van der Waals surface area contributed by atoms with Gasteiger partial charge in [-0.2, -0.15) is 0 Å². The summed E-state index contributed by atoms with van der Waals surface area (Å²) in [4.78, 5) is 21.5. The number of halogens is 1. The average molecular weight is 311 g/mol. The molecule has 0 amide bonds. The van der Waals surface area contributed by atoms with E-state index in [2.05, 4.69) is 10.3 Å². The number of nitro benzene ring substituents is 1. The number of hydrogen-bond donors (Lipinski definition) is 1. The number of hydrogen-bond acceptors (Lipinski definition) is 5. The van der Waals surface area contributed by atoms with Gasteiger partial charge in [0.1, 0.15) is 0 Å². The molecule has 0 saturated heterocycles. The van der Waals surface area contributed by atoms with Crippen molar-refractivity contribution < 1.29 is 14.8 Å². The van der Waals surface area contributed by atoms with E-state index in [1.54, 1.807) is 6.92 Å². The van der Waals surface area contributed by atoms with Crippen LogP contribution in [0.5, 0.6) is 0 Å². The molecule has 9 heteroatoms. The molecule has 2 rings (SSSR count). The molecule has 1 aromatic carbocycles. The van der Waals surface area contributed by atoms with Crippen LogP contribution in [0, 0.1) is 10.1 Å². The third kappa shape index (κ3) is 3.00. The third-order valence-corrected chi connectivity index (χ3v) is 3.17.